The molecule has 2 atom stereocenters. The van der Waals surface area contributed by atoms with Gasteiger partial charge in [-0.2, -0.15) is 0 Å². The van der Waals surface area contributed by atoms with Crippen LogP contribution in [0.25, 0.3) is 20.7 Å². The van der Waals surface area contributed by atoms with Crippen molar-refractivity contribution in [2.75, 3.05) is 18.0 Å². The largest absolute Gasteiger partial charge is 0.372 e. The molecular weight excluding hydrogens is 306 g/mol. The van der Waals surface area contributed by atoms with Crippen molar-refractivity contribution >= 4 is 27.4 Å². The van der Waals surface area contributed by atoms with Crippen LogP contribution in [0.3, 0.4) is 0 Å². The normalized spacial score (nSPS) is 21.7. The van der Waals surface area contributed by atoms with Crippen LogP contribution in [-0.4, -0.2) is 35.3 Å². The Bertz CT molecular complexity index is 808. The zero-order valence-electron chi connectivity index (χ0n) is 13.3. The first-order valence-electron chi connectivity index (χ1n) is 7.91. The van der Waals surface area contributed by atoms with E-state index in [4.69, 9.17) is 4.74 Å². The number of hydrogen-bond acceptors (Lipinski definition) is 5. The third-order valence-corrected chi connectivity index (χ3v) is 5.18. The molecule has 0 amide bonds. The van der Waals surface area contributed by atoms with Crippen LogP contribution >= 0.6 is 11.3 Å². The molecular formula is C18H19N3OS. The predicted molar refractivity (Wildman–Crippen MR) is 95.1 cm³/mol. The van der Waals surface area contributed by atoms with Gasteiger partial charge in [0, 0.05) is 18.0 Å². The van der Waals surface area contributed by atoms with Gasteiger partial charge in [-0.15, -0.1) is 11.3 Å². The van der Waals surface area contributed by atoms with E-state index >= 15 is 0 Å². The summed E-state index contributed by atoms with van der Waals surface area (Å²) in [5, 5.41) is 1.14. The molecule has 3 aromatic rings. The second-order valence-electron chi connectivity index (χ2n) is 6.06. The Morgan fingerprint density at radius 2 is 1.83 bits per heavy atom. The topological polar surface area (TPSA) is 38.2 Å². The summed E-state index contributed by atoms with van der Waals surface area (Å²) >= 11 is 1.72. The maximum atomic E-state index is 5.84. The summed E-state index contributed by atoms with van der Waals surface area (Å²) in [5.74, 6) is 1.02. The second-order valence-corrected chi connectivity index (χ2v) is 7.09. The lowest BCUT2D eigenvalue weighted by Gasteiger charge is -2.36. The van der Waals surface area contributed by atoms with Crippen LogP contribution < -0.4 is 4.90 Å². The van der Waals surface area contributed by atoms with Crippen LogP contribution in [-0.2, 0) is 4.74 Å². The van der Waals surface area contributed by atoms with Crippen molar-refractivity contribution in [2.45, 2.75) is 26.1 Å². The molecule has 0 saturated carbocycles. The highest BCUT2D eigenvalue weighted by molar-refractivity contribution is 7.21. The van der Waals surface area contributed by atoms with Gasteiger partial charge in [-0.05, 0) is 25.5 Å². The van der Waals surface area contributed by atoms with Gasteiger partial charge in [0.2, 0.25) is 0 Å². The fraction of sp³-hybridized carbons (Fsp3) is 0.333. The summed E-state index contributed by atoms with van der Waals surface area (Å²) in [7, 11) is 0. The molecule has 2 aromatic heterocycles. The molecule has 0 spiro atoms. The van der Waals surface area contributed by atoms with Gasteiger partial charge in [0.1, 0.15) is 17.0 Å². The van der Waals surface area contributed by atoms with Crippen LogP contribution in [0, 0.1) is 0 Å². The summed E-state index contributed by atoms with van der Waals surface area (Å²) in [5.41, 5.74) is 1.23. The lowest BCUT2D eigenvalue weighted by molar-refractivity contribution is -0.00537. The summed E-state index contributed by atoms with van der Waals surface area (Å²) < 4.78 is 5.84. The molecule has 0 bridgehead atoms. The number of fused-ring (bicyclic) bond motifs is 1. The van der Waals surface area contributed by atoms with E-state index in [1.807, 2.05) is 6.07 Å². The van der Waals surface area contributed by atoms with E-state index in [1.165, 1.54) is 10.4 Å². The molecule has 0 aliphatic carbocycles. The molecule has 118 valence electrons. The Morgan fingerprint density at radius 1 is 1.09 bits per heavy atom. The van der Waals surface area contributed by atoms with E-state index in [-0.39, 0.29) is 12.2 Å². The SMILES string of the molecule is C[C@H]1CN(c2ncnc3sc(-c4ccccc4)cc23)C[C@H](C)O1. The van der Waals surface area contributed by atoms with Crippen molar-refractivity contribution < 1.29 is 4.74 Å². The molecule has 5 heteroatoms. The van der Waals surface area contributed by atoms with Gasteiger partial charge in [-0.1, -0.05) is 30.3 Å². The minimum Gasteiger partial charge on any atom is -0.372 e. The summed E-state index contributed by atoms with van der Waals surface area (Å²) in [6.07, 6.45) is 2.11. The second kappa shape index (κ2) is 5.91. The van der Waals surface area contributed by atoms with Crippen molar-refractivity contribution in [3.05, 3.63) is 42.7 Å². The monoisotopic (exact) mass is 325 g/mol. The Labute approximate surface area is 139 Å². The highest BCUT2D eigenvalue weighted by Gasteiger charge is 2.25. The van der Waals surface area contributed by atoms with Gasteiger partial charge in [0.15, 0.2) is 0 Å². The third kappa shape index (κ3) is 2.82. The van der Waals surface area contributed by atoms with Crippen molar-refractivity contribution in [3.8, 4) is 10.4 Å². The van der Waals surface area contributed by atoms with Gasteiger partial charge >= 0.3 is 0 Å². The predicted octanol–water partition coefficient (Wildman–Crippen LogP) is 3.97. The molecule has 0 unspecified atom stereocenters. The highest BCUT2D eigenvalue weighted by atomic mass is 32.1. The number of hydrogen-bond donors (Lipinski definition) is 0. The first-order valence-corrected chi connectivity index (χ1v) is 8.73. The van der Waals surface area contributed by atoms with Crippen LogP contribution in [0.4, 0.5) is 5.82 Å². The molecule has 4 nitrogen and oxygen atoms in total. The van der Waals surface area contributed by atoms with Crippen molar-refractivity contribution in [1.29, 1.82) is 0 Å². The first kappa shape index (κ1) is 14.6. The first-order chi connectivity index (χ1) is 11.2. The number of thiophene rings is 1. The quantitative estimate of drug-likeness (QED) is 0.714. The number of aromatic nitrogens is 2. The Morgan fingerprint density at radius 3 is 2.57 bits per heavy atom. The van der Waals surface area contributed by atoms with E-state index in [0.717, 1.165) is 29.1 Å². The smallest absolute Gasteiger partial charge is 0.140 e. The van der Waals surface area contributed by atoms with Crippen molar-refractivity contribution in [1.82, 2.24) is 9.97 Å². The lowest BCUT2D eigenvalue weighted by Crippen LogP contribution is -2.45. The Balaban J connectivity index is 1.77. The lowest BCUT2D eigenvalue weighted by atomic mass is 10.1. The molecule has 1 aliphatic rings. The van der Waals surface area contributed by atoms with Crippen LogP contribution in [0.5, 0.6) is 0 Å². The maximum Gasteiger partial charge on any atom is 0.140 e. The van der Waals surface area contributed by atoms with Gasteiger partial charge in [-0.25, -0.2) is 9.97 Å². The molecule has 3 heterocycles. The maximum absolute atomic E-state index is 5.84. The van der Waals surface area contributed by atoms with E-state index in [0.29, 0.717) is 0 Å². The molecule has 0 N–H and O–H groups in total. The third-order valence-electron chi connectivity index (χ3n) is 4.09. The van der Waals surface area contributed by atoms with Gasteiger partial charge in [-0.3, -0.25) is 0 Å². The minimum atomic E-state index is 0.219. The van der Waals surface area contributed by atoms with Crippen LogP contribution in [0.1, 0.15) is 13.8 Å². The van der Waals surface area contributed by atoms with E-state index < -0.39 is 0 Å². The number of rotatable bonds is 2. The average molecular weight is 325 g/mol. The van der Waals surface area contributed by atoms with E-state index in [1.54, 1.807) is 17.7 Å². The van der Waals surface area contributed by atoms with Gasteiger partial charge in [0.05, 0.1) is 17.6 Å². The van der Waals surface area contributed by atoms with Crippen molar-refractivity contribution in [3.63, 3.8) is 0 Å². The van der Waals surface area contributed by atoms with Crippen molar-refractivity contribution in [2.24, 2.45) is 0 Å². The minimum absolute atomic E-state index is 0.219. The van der Waals surface area contributed by atoms with Crippen LogP contribution in [0.2, 0.25) is 0 Å². The van der Waals surface area contributed by atoms with E-state index in [9.17, 15) is 0 Å². The molecule has 23 heavy (non-hydrogen) atoms. The molecule has 1 aliphatic heterocycles. The van der Waals surface area contributed by atoms with Gasteiger partial charge in [0.25, 0.3) is 0 Å². The zero-order chi connectivity index (χ0) is 15.8. The van der Waals surface area contributed by atoms with Crippen LogP contribution in [0.15, 0.2) is 42.7 Å². The number of nitrogens with zero attached hydrogens (tertiary/aromatic N) is 3. The fourth-order valence-corrected chi connectivity index (χ4v) is 4.19. The fourth-order valence-electron chi connectivity index (χ4n) is 3.19. The molecule has 0 radical (unpaired) electrons. The number of morpholine rings is 1. The summed E-state index contributed by atoms with van der Waals surface area (Å²) in [6, 6.07) is 12.7. The molecule has 1 saturated heterocycles. The number of benzene rings is 1. The summed E-state index contributed by atoms with van der Waals surface area (Å²) in [4.78, 5) is 13.6. The molecule has 1 aromatic carbocycles. The zero-order valence-corrected chi connectivity index (χ0v) is 14.1. The standard InChI is InChI=1S/C18H19N3OS/c1-12-9-21(10-13(2)22-12)17-15-8-16(14-6-4-3-5-7-14)23-18(15)20-11-19-17/h3-8,11-13H,9-10H2,1-2H3/t12-,13-/m0/s1. The summed E-state index contributed by atoms with van der Waals surface area (Å²) in [6.45, 7) is 5.97. The average Bonchev–Trinajstić information content (AvgIpc) is 2.99. The number of anilines is 1. The van der Waals surface area contributed by atoms with E-state index in [2.05, 4.69) is 59.0 Å². The molecule has 4 rings (SSSR count). The van der Waals surface area contributed by atoms with Gasteiger partial charge < -0.3 is 9.64 Å². The highest BCUT2D eigenvalue weighted by Crippen LogP contribution is 2.36. The number of ether oxygens (including phenoxy) is 1. The Kier molecular flexibility index (Phi) is 3.75. The Hall–Kier alpha value is -1.98. The molecule has 1 fully saturated rings.